The van der Waals surface area contributed by atoms with Crippen LogP contribution in [0.25, 0.3) is 0 Å². The van der Waals surface area contributed by atoms with E-state index in [1.165, 1.54) is 16.9 Å². The van der Waals surface area contributed by atoms with E-state index in [4.69, 9.17) is 4.74 Å². The third kappa shape index (κ3) is 1.99. The topological polar surface area (TPSA) is 89.4 Å². The predicted molar refractivity (Wildman–Crippen MR) is 58.3 cm³/mol. The molecule has 1 aromatic rings. The molecule has 0 unspecified atom stereocenters. The van der Waals surface area contributed by atoms with Gasteiger partial charge in [-0.2, -0.15) is 0 Å². The first kappa shape index (κ1) is 11.2. The fourth-order valence-corrected chi connectivity index (χ4v) is 1.44. The monoisotopic (exact) mass is 237 g/mol. The van der Waals surface area contributed by atoms with E-state index in [1.54, 1.807) is 6.92 Å². The zero-order chi connectivity index (χ0) is 12.4. The van der Waals surface area contributed by atoms with Crippen molar-refractivity contribution in [1.82, 2.24) is 9.99 Å². The molecule has 17 heavy (non-hydrogen) atoms. The van der Waals surface area contributed by atoms with Crippen LogP contribution in [0.3, 0.4) is 0 Å². The largest absolute Gasteiger partial charge is 0.420 e. The number of pyridine rings is 1. The second-order valence-corrected chi connectivity index (χ2v) is 3.40. The van der Waals surface area contributed by atoms with Crippen molar-refractivity contribution in [2.24, 2.45) is 0 Å². The van der Waals surface area contributed by atoms with Crippen LogP contribution in [0.1, 0.15) is 23.8 Å². The van der Waals surface area contributed by atoms with E-state index in [0.29, 0.717) is 0 Å². The van der Waals surface area contributed by atoms with Crippen LogP contribution in [0.15, 0.2) is 17.1 Å². The molecule has 1 amide bonds. The maximum Gasteiger partial charge on any atom is 0.311 e. The van der Waals surface area contributed by atoms with Crippen molar-refractivity contribution in [3.63, 3.8) is 0 Å². The number of hydrogen-bond donors (Lipinski definition) is 2. The summed E-state index contributed by atoms with van der Waals surface area (Å²) in [6.07, 6.45) is 1.54. The molecule has 2 heterocycles. The zero-order valence-corrected chi connectivity index (χ0v) is 9.15. The number of nitrogens with one attached hydrogen (secondary N) is 2. The Labute approximate surface area is 96.3 Å². The lowest BCUT2D eigenvalue weighted by Crippen LogP contribution is -2.43. The number of amides is 1. The van der Waals surface area contributed by atoms with Crippen LogP contribution < -0.4 is 20.9 Å². The molecule has 1 aliphatic heterocycles. The number of esters is 1. The summed E-state index contributed by atoms with van der Waals surface area (Å²) >= 11 is 0. The van der Waals surface area contributed by atoms with Gasteiger partial charge in [0.05, 0.1) is 0 Å². The minimum absolute atomic E-state index is 0.00514. The standard InChI is InChI=1S/C10H11N3O4/c1-2-7(15)17-9-6(14)3-4-13-8(9)10(16)11-5-12-13/h3-4,12H,2,5H2,1H3,(H,11,16). The second kappa shape index (κ2) is 4.28. The predicted octanol–water partition coefficient (Wildman–Crippen LogP) is -0.592. The molecule has 90 valence electrons. The lowest BCUT2D eigenvalue weighted by molar-refractivity contribution is -0.134. The van der Waals surface area contributed by atoms with E-state index >= 15 is 0 Å². The minimum Gasteiger partial charge on any atom is -0.420 e. The number of aromatic nitrogens is 1. The SMILES string of the molecule is CCC(=O)Oc1c2n(ccc1=O)NCNC2=O. The van der Waals surface area contributed by atoms with Gasteiger partial charge in [-0.15, -0.1) is 0 Å². The maximum absolute atomic E-state index is 11.6. The highest BCUT2D eigenvalue weighted by Crippen LogP contribution is 2.14. The molecule has 1 aromatic heterocycles. The van der Waals surface area contributed by atoms with Crippen molar-refractivity contribution in [2.75, 3.05) is 12.1 Å². The molecule has 2 rings (SSSR count). The quantitative estimate of drug-likeness (QED) is 0.671. The van der Waals surface area contributed by atoms with Gasteiger partial charge in [0.1, 0.15) is 6.67 Å². The Bertz CT molecular complexity index is 535. The molecule has 0 fully saturated rings. The fraction of sp³-hybridized carbons (Fsp3) is 0.300. The smallest absolute Gasteiger partial charge is 0.311 e. The van der Waals surface area contributed by atoms with Crippen LogP contribution in [0.4, 0.5) is 0 Å². The van der Waals surface area contributed by atoms with Gasteiger partial charge < -0.3 is 15.5 Å². The Hall–Kier alpha value is -2.31. The molecule has 0 aliphatic carbocycles. The van der Waals surface area contributed by atoms with Crippen molar-refractivity contribution in [2.45, 2.75) is 13.3 Å². The summed E-state index contributed by atoms with van der Waals surface area (Å²) < 4.78 is 6.25. The average Bonchev–Trinajstić information content (AvgIpc) is 2.33. The van der Waals surface area contributed by atoms with Crippen LogP contribution in [-0.4, -0.2) is 23.2 Å². The van der Waals surface area contributed by atoms with E-state index in [-0.39, 0.29) is 24.5 Å². The third-order valence-corrected chi connectivity index (χ3v) is 2.27. The molecule has 0 spiro atoms. The lowest BCUT2D eigenvalue weighted by Gasteiger charge is -2.22. The van der Waals surface area contributed by atoms with Crippen molar-refractivity contribution >= 4 is 11.9 Å². The Morgan fingerprint density at radius 3 is 3.00 bits per heavy atom. The Morgan fingerprint density at radius 2 is 2.29 bits per heavy atom. The van der Waals surface area contributed by atoms with Gasteiger partial charge in [-0.25, -0.2) is 0 Å². The summed E-state index contributed by atoms with van der Waals surface area (Å²) in [5, 5.41) is 2.50. The van der Waals surface area contributed by atoms with Crippen molar-refractivity contribution in [3.8, 4) is 5.75 Å². The molecule has 0 bridgehead atoms. The summed E-state index contributed by atoms with van der Waals surface area (Å²) in [6, 6.07) is 1.23. The van der Waals surface area contributed by atoms with Gasteiger partial charge in [0, 0.05) is 18.7 Å². The van der Waals surface area contributed by atoms with Gasteiger partial charge in [0.15, 0.2) is 5.69 Å². The second-order valence-electron chi connectivity index (χ2n) is 3.40. The van der Waals surface area contributed by atoms with Gasteiger partial charge in [0.2, 0.25) is 11.2 Å². The molecule has 7 nitrogen and oxygen atoms in total. The Balaban J connectivity index is 2.53. The molecule has 0 saturated carbocycles. The first-order valence-corrected chi connectivity index (χ1v) is 5.12. The van der Waals surface area contributed by atoms with Crippen molar-refractivity contribution in [3.05, 3.63) is 28.2 Å². The molecule has 1 aliphatic rings. The first-order chi connectivity index (χ1) is 8.13. The van der Waals surface area contributed by atoms with Gasteiger partial charge >= 0.3 is 5.97 Å². The minimum atomic E-state index is -0.561. The van der Waals surface area contributed by atoms with E-state index in [0.717, 1.165) is 0 Å². The Kier molecular flexibility index (Phi) is 2.82. The summed E-state index contributed by atoms with van der Waals surface area (Å²) in [5.74, 6) is -1.26. The van der Waals surface area contributed by atoms with Crippen LogP contribution in [-0.2, 0) is 4.79 Å². The number of ether oxygens (including phenoxy) is 1. The highest BCUT2D eigenvalue weighted by atomic mass is 16.5. The molecule has 0 atom stereocenters. The molecular formula is C10H11N3O4. The van der Waals surface area contributed by atoms with Gasteiger partial charge in [-0.3, -0.25) is 19.1 Å². The normalized spacial score (nSPS) is 13.4. The summed E-state index contributed by atoms with van der Waals surface area (Å²) in [7, 11) is 0. The number of carbonyl (C=O) groups excluding carboxylic acids is 2. The zero-order valence-electron chi connectivity index (χ0n) is 9.15. The molecule has 0 aromatic carbocycles. The number of rotatable bonds is 2. The molecule has 0 radical (unpaired) electrons. The number of fused-ring (bicyclic) bond motifs is 1. The summed E-state index contributed by atoms with van der Waals surface area (Å²) in [6.45, 7) is 1.85. The highest BCUT2D eigenvalue weighted by Gasteiger charge is 2.24. The Morgan fingerprint density at radius 1 is 1.53 bits per heavy atom. The van der Waals surface area contributed by atoms with Crippen molar-refractivity contribution in [1.29, 1.82) is 0 Å². The van der Waals surface area contributed by atoms with E-state index in [1.807, 2.05) is 0 Å². The van der Waals surface area contributed by atoms with Crippen LogP contribution >= 0.6 is 0 Å². The number of nitrogens with zero attached hydrogens (tertiary/aromatic N) is 1. The molecular weight excluding hydrogens is 226 g/mol. The molecule has 0 saturated heterocycles. The van der Waals surface area contributed by atoms with E-state index in [9.17, 15) is 14.4 Å². The van der Waals surface area contributed by atoms with Crippen LogP contribution in [0, 0.1) is 0 Å². The van der Waals surface area contributed by atoms with Gasteiger partial charge in [0.25, 0.3) is 5.91 Å². The van der Waals surface area contributed by atoms with Crippen LogP contribution in [0.5, 0.6) is 5.75 Å². The average molecular weight is 237 g/mol. The lowest BCUT2D eigenvalue weighted by atomic mass is 10.3. The van der Waals surface area contributed by atoms with Crippen molar-refractivity contribution < 1.29 is 14.3 Å². The van der Waals surface area contributed by atoms with E-state index in [2.05, 4.69) is 10.7 Å². The summed E-state index contributed by atoms with van der Waals surface area (Å²) in [4.78, 5) is 34.4. The third-order valence-electron chi connectivity index (χ3n) is 2.27. The van der Waals surface area contributed by atoms with Crippen LogP contribution in [0.2, 0.25) is 0 Å². The number of carbonyl (C=O) groups is 2. The van der Waals surface area contributed by atoms with E-state index < -0.39 is 17.3 Å². The molecule has 7 heteroatoms. The van der Waals surface area contributed by atoms with Gasteiger partial charge in [-0.1, -0.05) is 6.92 Å². The van der Waals surface area contributed by atoms with Gasteiger partial charge in [-0.05, 0) is 0 Å². The fourth-order valence-electron chi connectivity index (χ4n) is 1.44. The molecule has 2 N–H and O–H groups in total. The highest BCUT2D eigenvalue weighted by molar-refractivity contribution is 5.96. The first-order valence-electron chi connectivity index (χ1n) is 5.12. The maximum atomic E-state index is 11.6. The number of hydrogen-bond acceptors (Lipinski definition) is 5. The summed E-state index contributed by atoms with van der Waals surface area (Å²) in [5.41, 5.74) is 2.31.